The molecule has 0 N–H and O–H groups in total. The number of rotatable bonds is 3. The third kappa shape index (κ3) is 3.21. The molecule has 130 valence electrons. The lowest BCUT2D eigenvalue weighted by atomic mass is 10.0. The monoisotopic (exact) mass is 361 g/mol. The van der Waals surface area contributed by atoms with Gasteiger partial charge in [0.25, 0.3) is 0 Å². The van der Waals surface area contributed by atoms with Crippen LogP contribution in [0.2, 0.25) is 0 Å². The predicted molar refractivity (Wildman–Crippen MR) is 105 cm³/mol. The molecule has 1 aliphatic heterocycles. The zero-order valence-electron chi connectivity index (χ0n) is 14.2. The molecule has 26 heavy (non-hydrogen) atoms. The molecule has 0 aliphatic carbocycles. The molecule has 0 saturated carbocycles. The maximum atomic E-state index is 13.1. The van der Waals surface area contributed by atoms with E-state index in [2.05, 4.69) is 6.08 Å². The first-order valence-electron chi connectivity index (χ1n) is 8.54. The molecule has 3 nitrogen and oxygen atoms in total. The van der Waals surface area contributed by atoms with Crippen molar-refractivity contribution in [3.63, 3.8) is 0 Å². The lowest BCUT2D eigenvalue weighted by molar-refractivity contribution is 0.436. The van der Waals surface area contributed by atoms with Gasteiger partial charge in [-0.1, -0.05) is 78.9 Å². The second kappa shape index (κ2) is 6.90. The van der Waals surface area contributed by atoms with Crippen LogP contribution in [0.4, 0.5) is 0 Å². The van der Waals surface area contributed by atoms with Crippen LogP contribution in [-0.2, 0) is 16.6 Å². The first kappa shape index (κ1) is 16.8. The number of hydrogen-bond donors (Lipinski definition) is 0. The number of hydrogen-bond acceptors (Lipinski definition) is 2. The van der Waals surface area contributed by atoms with Crippen molar-refractivity contribution in [3.8, 4) is 0 Å². The molecule has 4 heteroatoms. The molecule has 1 aliphatic rings. The Hall–Kier alpha value is -2.69. The SMILES string of the molecule is O=S1(=O)c2ccccc2/C(=C/c2ccccc2)CN1Cc1ccccc1. The smallest absolute Gasteiger partial charge is 0.207 e. The maximum Gasteiger partial charge on any atom is 0.244 e. The van der Waals surface area contributed by atoms with E-state index in [-0.39, 0.29) is 0 Å². The second-order valence-corrected chi connectivity index (χ2v) is 8.24. The summed E-state index contributed by atoms with van der Waals surface area (Å²) in [6.45, 7) is 0.729. The Morgan fingerprint density at radius 1 is 0.808 bits per heavy atom. The third-order valence-electron chi connectivity index (χ3n) is 4.54. The van der Waals surface area contributed by atoms with Gasteiger partial charge in [-0.05, 0) is 34.4 Å². The Bertz CT molecular complexity index is 1040. The highest BCUT2D eigenvalue weighted by Gasteiger charge is 2.33. The number of sulfonamides is 1. The molecule has 0 saturated heterocycles. The molecule has 0 spiro atoms. The molecule has 4 rings (SSSR count). The minimum Gasteiger partial charge on any atom is -0.207 e. The quantitative estimate of drug-likeness (QED) is 0.692. The van der Waals surface area contributed by atoms with Gasteiger partial charge in [-0.2, -0.15) is 4.31 Å². The third-order valence-corrected chi connectivity index (χ3v) is 6.39. The molecule has 1 heterocycles. The van der Waals surface area contributed by atoms with Crippen molar-refractivity contribution in [3.05, 3.63) is 102 Å². The standard InChI is InChI=1S/C22H19NO2S/c24-26(25)22-14-8-7-13-21(22)20(15-18-9-3-1-4-10-18)17-23(26)16-19-11-5-2-6-12-19/h1-15H,16-17H2/b20-15+. The molecular formula is C22H19NO2S. The highest BCUT2D eigenvalue weighted by atomic mass is 32.2. The van der Waals surface area contributed by atoms with Crippen molar-refractivity contribution in [1.82, 2.24) is 4.31 Å². The fraction of sp³-hybridized carbons (Fsp3) is 0.0909. The Morgan fingerprint density at radius 2 is 1.42 bits per heavy atom. The summed E-state index contributed by atoms with van der Waals surface area (Å²) in [7, 11) is -3.51. The van der Waals surface area contributed by atoms with Gasteiger partial charge in [0, 0.05) is 13.1 Å². The van der Waals surface area contributed by atoms with Crippen LogP contribution in [0.1, 0.15) is 16.7 Å². The van der Waals surface area contributed by atoms with Crippen LogP contribution < -0.4 is 0 Å². The molecule has 0 amide bonds. The van der Waals surface area contributed by atoms with Crippen molar-refractivity contribution >= 4 is 21.7 Å². The summed E-state index contributed by atoms with van der Waals surface area (Å²) in [5.41, 5.74) is 3.85. The van der Waals surface area contributed by atoms with Gasteiger partial charge in [0.05, 0.1) is 4.90 Å². The van der Waals surface area contributed by atoms with E-state index in [9.17, 15) is 8.42 Å². The van der Waals surface area contributed by atoms with Crippen molar-refractivity contribution < 1.29 is 8.42 Å². The van der Waals surface area contributed by atoms with E-state index in [1.165, 1.54) is 0 Å². The van der Waals surface area contributed by atoms with E-state index in [1.807, 2.05) is 72.8 Å². The minimum absolute atomic E-state index is 0.364. The molecule has 0 unspecified atom stereocenters. The number of nitrogens with zero attached hydrogens (tertiary/aromatic N) is 1. The highest BCUT2D eigenvalue weighted by Crippen LogP contribution is 2.34. The van der Waals surface area contributed by atoms with E-state index in [0.717, 1.165) is 22.3 Å². The summed E-state index contributed by atoms with van der Waals surface area (Å²) in [5, 5.41) is 0. The Balaban J connectivity index is 1.80. The average molecular weight is 361 g/mol. The first-order chi connectivity index (χ1) is 12.6. The molecular weight excluding hydrogens is 342 g/mol. The van der Waals surface area contributed by atoms with Crippen LogP contribution in [0.5, 0.6) is 0 Å². The zero-order chi connectivity index (χ0) is 18.0. The van der Waals surface area contributed by atoms with Gasteiger partial charge in [0.15, 0.2) is 0 Å². The summed E-state index contributed by atoms with van der Waals surface area (Å²) in [6.07, 6.45) is 2.07. The summed E-state index contributed by atoms with van der Waals surface area (Å²) in [4.78, 5) is 0.379. The van der Waals surface area contributed by atoms with Gasteiger partial charge in [-0.25, -0.2) is 8.42 Å². The average Bonchev–Trinajstić information content (AvgIpc) is 2.67. The van der Waals surface area contributed by atoms with Gasteiger partial charge < -0.3 is 0 Å². The van der Waals surface area contributed by atoms with Crippen LogP contribution >= 0.6 is 0 Å². The second-order valence-electron chi connectivity index (χ2n) is 6.34. The van der Waals surface area contributed by atoms with E-state index in [1.54, 1.807) is 16.4 Å². The van der Waals surface area contributed by atoms with Gasteiger partial charge in [0.1, 0.15) is 0 Å². The molecule has 0 fully saturated rings. The van der Waals surface area contributed by atoms with Crippen LogP contribution in [0, 0.1) is 0 Å². The summed E-state index contributed by atoms with van der Waals surface area (Å²) in [5.74, 6) is 0. The van der Waals surface area contributed by atoms with Crippen molar-refractivity contribution in [2.45, 2.75) is 11.4 Å². The summed E-state index contributed by atoms with van der Waals surface area (Å²) < 4.78 is 27.8. The molecule has 0 radical (unpaired) electrons. The molecule has 3 aromatic rings. The molecule has 3 aromatic carbocycles. The van der Waals surface area contributed by atoms with Crippen LogP contribution in [-0.4, -0.2) is 19.3 Å². The maximum absolute atomic E-state index is 13.1. The highest BCUT2D eigenvalue weighted by molar-refractivity contribution is 7.89. The minimum atomic E-state index is -3.51. The largest absolute Gasteiger partial charge is 0.244 e. The molecule has 0 bridgehead atoms. The van der Waals surface area contributed by atoms with Gasteiger partial charge in [0.2, 0.25) is 10.0 Å². The Kier molecular flexibility index (Phi) is 4.45. The first-order valence-corrected chi connectivity index (χ1v) is 9.98. The van der Waals surface area contributed by atoms with E-state index in [0.29, 0.717) is 18.0 Å². The van der Waals surface area contributed by atoms with E-state index < -0.39 is 10.0 Å². The van der Waals surface area contributed by atoms with Crippen molar-refractivity contribution in [2.24, 2.45) is 0 Å². The summed E-state index contributed by atoms with van der Waals surface area (Å²) in [6, 6.07) is 27.0. The lowest BCUT2D eigenvalue weighted by Gasteiger charge is -2.30. The normalized spacial score (nSPS) is 17.8. The zero-order valence-corrected chi connectivity index (χ0v) is 15.1. The van der Waals surface area contributed by atoms with Crippen LogP contribution in [0.25, 0.3) is 11.6 Å². The van der Waals surface area contributed by atoms with Gasteiger partial charge in [-0.15, -0.1) is 0 Å². The topological polar surface area (TPSA) is 37.4 Å². The Morgan fingerprint density at radius 3 is 2.15 bits per heavy atom. The number of fused-ring (bicyclic) bond motifs is 1. The fourth-order valence-electron chi connectivity index (χ4n) is 3.26. The number of benzene rings is 3. The lowest BCUT2D eigenvalue weighted by Crippen LogP contribution is -2.36. The Labute approximate surface area is 154 Å². The molecule has 0 aromatic heterocycles. The van der Waals surface area contributed by atoms with Gasteiger partial charge in [-0.3, -0.25) is 0 Å². The fourth-order valence-corrected chi connectivity index (χ4v) is 4.89. The van der Waals surface area contributed by atoms with Crippen molar-refractivity contribution in [1.29, 1.82) is 0 Å². The van der Waals surface area contributed by atoms with Crippen LogP contribution in [0.15, 0.2) is 89.8 Å². The van der Waals surface area contributed by atoms with Crippen LogP contribution in [0.3, 0.4) is 0 Å². The summed E-state index contributed by atoms with van der Waals surface area (Å²) >= 11 is 0. The van der Waals surface area contributed by atoms with Crippen molar-refractivity contribution in [2.75, 3.05) is 6.54 Å². The molecule has 0 atom stereocenters. The van der Waals surface area contributed by atoms with E-state index in [4.69, 9.17) is 0 Å². The van der Waals surface area contributed by atoms with E-state index >= 15 is 0 Å². The predicted octanol–water partition coefficient (Wildman–Crippen LogP) is 4.43. The van der Waals surface area contributed by atoms with Gasteiger partial charge >= 0.3 is 0 Å².